The Hall–Kier alpha value is -1.03. The van der Waals surface area contributed by atoms with Crippen molar-refractivity contribution in [1.82, 2.24) is 5.32 Å². The van der Waals surface area contributed by atoms with E-state index in [0.29, 0.717) is 6.04 Å². The molecule has 0 aliphatic rings. The number of halogens is 2. The highest BCUT2D eigenvalue weighted by molar-refractivity contribution is 7.99. The molecule has 2 aromatic carbocycles. The fraction of sp³-hybridized carbons (Fsp3) is 0.294. The second-order valence-electron chi connectivity index (χ2n) is 4.82. The predicted molar refractivity (Wildman–Crippen MR) is 89.7 cm³/mol. The molecule has 1 atom stereocenters. The highest BCUT2D eigenvalue weighted by atomic mass is 35.5. The molecule has 0 amide bonds. The first-order valence-corrected chi connectivity index (χ1v) is 8.40. The minimum Gasteiger partial charge on any atom is -0.313 e. The van der Waals surface area contributed by atoms with Crippen molar-refractivity contribution in [1.29, 1.82) is 0 Å². The summed E-state index contributed by atoms with van der Waals surface area (Å²) in [7, 11) is 0. The van der Waals surface area contributed by atoms with Gasteiger partial charge in [0.15, 0.2) is 0 Å². The standard InChI is InChI=1S/C17H19ClFNS/c1-2-20-15(10-13-6-3-4-9-17(13)18)12-21-16-8-5-7-14(19)11-16/h3-9,11,15,20H,2,10,12H2,1H3. The third kappa shape index (κ3) is 5.34. The first-order chi connectivity index (χ1) is 10.2. The van der Waals surface area contributed by atoms with Crippen molar-refractivity contribution in [2.75, 3.05) is 12.3 Å². The summed E-state index contributed by atoms with van der Waals surface area (Å²) in [6.45, 7) is 2.99. The molecular weight excluding hydrogens is 305 g/mol. The lowest BCUT2D eigenvalue weighted by Crippen LogP contribution is -2.33. The first kappa shape index (κ1) is 16.3. The van der Waals surface area contributed by atoms with Gasteiger partial charge in [-0.3, -0.25) is 0 Å². The van der Waals surface area contributed by atoms with Gasteiger partial charge in [0.2, 0.25) is 0 Å². The quantitative estimate of drug-likeness (QED) is 0.735. The molecule has 0 radical (unpaired) electrons. The fourth-order valence-electron chi connectivity index (χ4n) is 2.16. The van der Waals surface area contributed by atoms with Gasteiger partial charge in [-0.2, -0.15) is 0 Å². The Balaban J connectivity index is 1.97. The van der Waals surface area contributed by atoms with Gasteiger partial charge >= 0.3 is 0 Å². The maximum absolute atomic E-state index is 13.2. The smallest absolute Gasteiger partial charge is 0.124 e. The van der Waals surface area contributed by atoms with Crippen LogP contribution in [0.4, 0.5) is 4.39 Å². The highest BCUT2D eigenvalue weighted by Gasteiger charge is 2.11. The van der Waals surface area contributed by atoms with Gasteiger partial charge in [0.05, 0.1) is 0 Å². The molecule has 0 aliphatic carbocycles. The summed E-state index contributed by atoms with van der Waals surface area (Å²) >= 11 is 7.88. The molecule has 112 valence electrons. The van der Waals surface area contributed by atoms with Gasteiger partial charge in [-0.15, -0.1) is 11.8 Å². The van der Waals surface area contributed by atoms with Crippen LogP contribution in [-0.4, -0.2) is 18.3 Å². The molecule has 0 spiro atoms. The van der Waals surface area contributed by atoms with Crippen LogP contribution in [0.3, 0.4) is 0 Å². The van der Waals surface area contributed by atoms with E-state index in [-0.39, 0.29) is 5.82 Å². The summed E-state index contributed by atoms with van der Waals surface area (Å²) < 4.78 is 13.2. The zero-order valence-corrected chi connectivity index (χ0v) is 13.6. The van der Waals surface area contributed by atoms with E-state index in [1.807, 2.05) is 24.3 Å². The van der Waals surface area contributed by atoms with Crippen molar-refractivity contribution in [3.8, 4) is 0 Å². The minimum absolute atomic E-state index is 0.189. The molecule has 0 saturated carbocycles. The second-order valence-corrected chi connectivity index (χ2v) is 6.32. The Labute approximate surface area is 134 Å². The van der Waals surface area contributed by atoms with E-state index in [2.05, 4.69) is 18.3 Å². The van der Waals surface area contributed by atoms with Gasteiger partial charge in [0.1, 0.15) is 5.82 Å². The molecule has 1 nitrogen and oxygen atoms in total. The molecule has 2 aromatic rings. The van der Waals surface area contributed by atoms with Crippen molar-refractivity contribution in [2.24, 2.45) is 0 Å². The Kier molecular flexibility index (Phi) is 6.55. The maximum Gasteiger partial charge on any atom is 0.124 e. The molecule has 0 bridgehead atoms. The van der Waals surface area contributed by atoms with E-state index >= 15 is 0 Å². The Morgan fingerprint density at radius 1 is 1.19 bits per heavy atom. The zero-order chi connectivity index (χ0) is 15.1. The Morgan fingerprint density at radius 2 is 2.00 bits per heavy atom. The van der Waals surface area contributed by atoms with Crippen LogP contribution >= 0.6 is 23.4 Å². The third-order valence-corrected chi connectivity index (χ3v) is 4.69. The van der Waals surface area contributed by atoms with Crippen LogP contribution in [0.2, 0.25) is 5.02 Å². The lowest BCUT2D eigenvalue weighted by Gasteiger charge is -2.18. The van der Waals surface area contributed by atoms with E-state index in [4.69, 9.17) is 11.6 Å². The molecular formula is C17H19ClFNS. The SMILES string of the molecule is CCNC(CSc1cccc(F)c1)Cc1ccccc1Cl. The van der Waals surface area contributed by atoms with Gasteiger partial charge in [-0.25, -0.2) is 4.39 Å². The van der Waals surface area contributed by atoms with Gasteiger partial charge < -0.3 is 5.32 Å². The number of likely N-dealkylation sites (N-methyl/N-ethyl adjacent to an activating group) is 1. The zero-order valence-electron chi connectivity index (χ0n) is 12.0. The summed E-state index contributed by atoms with van der Waals surface area (Å²) in [4.78, 5) is 0.956. The molecule has 4 heteroatoms. The van der Waals surface area contributed by atoms with Crippen molar-refractivity contribution in [3.05, 3.63) is 64.9 Å². The highest BCUT2D eigenvalue weighted by Crippen LogP contribution is 2.22. The van der Waals surface area contributed by atoms with E-state index in [9.17, 15) is 4.39 Å². The number of hydrogen-bond donors (Lipinski definition) is 1. The van der Waals surface area contributed by atoms with E-state index in [0.717, 1.165) is 34.2 Å². The van der Waals surface area contributed by atoms with Crippen molar-refractivity contribution < 1.29 is 4.39 Å². The molecule has 0 saturated heterocycles. The van der Waals surface area contributed by atoms with Crippen LogP contribution in [0.5, 0.6) is 0 Å². The normalized spacial score (nSPS) is 12.3. The van der Waals surface area contributed by atoms with E-state index in [1.54, 1.807) is 23.9 Å². The maximum atomic E-state index is 13.2. The van der Waals surface area contributed by atoms with Crippen LogP contribution in [0, 0.1) is 5.82 Å². The van der Waals surface area contributed by atoms with Crippen molar-refractivity contribution in [2.45, 2.75) is 24.3 Å². The molecule has 1 N–H and O–H groups in total. The van der Waals surface area contributed by atoms with Gasteiger partial charge in [-0.05, 0) is 42.8 Å². The number of rotatable bonds is 7. The molecule has 0 heterocycles. The molecule has 1 unspecified atom stereocenters. The summed E-state index contributed by atoms with van der Waals surface area (Å²) in [6.07, 6.45) is 0.871. The second kappa shape index (κ2) is 8.42. The number of thioether (sulfide) groups is 1. The van der Waals surface area contributed by atoms with Crippen LogP contribution in [0.25, 0.3) is 0 Å². The van der Waals surface area contributed by atoms with Gasteiger partial charge in [0.25, 0.3) is 0 Å². The van der Waals surface area contributed by atoms with Crippen LogP contribution in [0.1, 0.15) is 12.5 Å². The lowest BCUT2D eigenvalue weighted by atomic mass is 10.1. The first-order valence-electron chi connectivity index (χ1n) is 7.04. The topological polar surface area (TPSA) is 12.0 Å². The number of hydrogen-bond acceptors (Lipinski definition) is 2. The summed E-state index contributed by atoms with van der Waals surface area (Å²) in [5.74, 6) is 0.689. The van der Waals surface area contributed by atoms with E-state index < -0.39 is 0 Å². The van der Waals surface area contributed by atoms with Crippen LogP contribution in [0.15, 0.2) is 53.4 Å². The molecule has 2 rings (SSSR count). The minimum atomic E-state index is -0.189. The average molecular weight is 324 g/mol. The van der Waals surface area contributed by atoms with E-state index in [1.165, 1.54) is 6.07 Å². The van der Waals surface area contributed by atoms with Crippen molar-refractivity contribution in [3.63, 3.8) is 0 Å². The van der Waals surface area contributed by atoms with Crippen molar-refractivity contribution >= 4 is 23.4 Å². The largest absolute Gasteiger partial charge is 0.313 e. The number of nitrogens with one attached hydrogen (secondary N) is 1. The monoisotopic (exact) mass is 323 g/mol. The third-order valence-electron chi connectivity index (χ3n) is 3.16. The summed E-state index contributed by atoms with van der Waals surface area (Å²) in [5, 5.41) is 4.27. The van der Waals surface area contributed by atoms with Gasteiger partial charge in [0, 0.05) is 21.7 Å². The van der Waals surface area contributed by atoms with Crippen LogP contribution < -0.4 is 5.32 Å². The van der Waals surface area contributed by atoms with Crippen LogP contribution in [-0.2, 0) is 6.42 Å². The average Bonchev–Trinajstić information content (AvgIpc) is 2.47. The number of benzene rings is 2. The lowest BCUT2D eigenvalue weighted by molar-refractivity contribution is 0.572. The molecule has 0 aromatic heterocycles. The molecule has 21 heavy (non-hydrogen) atoms. The summed E-state index contributed by atoms with van der Waals surface area (Å²) in [5.41, 5.74) is 1.14. The predicted octanol–water partition coefficient (Wildman–Crippen LogP) is 4.79. The summed E-state index contributed by atoms with van der Waals surface area (Å²) in [6, 6.07) is 14.9. The van der Waals surface area contributed by atoms with Gasteiger partial charge in [-0.1, -0.05) is 42.8 Å². The molecule has 0 fully saturated rings. The molecule has 0 aliphatic heterocycles. The Bertz CT molecular complexity index is 576. The Morgan fingerprint density at radius 3 is 2.71 bits per heavy atom. The fourth-order valence-corrected chi connectivity index (χ4v) is 3.37.